The highest BCUT2D eigenvalue weighted by Gasteiger charge is 2.14. The number of fused-ring (bicyclic) bond motifs is 1. The molecule has 4 heteroatoms. The number of hydrogen-bond acceptors (Lipinski definition) is 3. The van der Waals surface area contributed by atoms with Crippen LogP contribution in [-0.4, -0.2) is 19.1 Å². The van der Waals surface area contributed by atoms with Gasteiger partial charge in [-0.25, -0.2) is 9.37 Å². The van der Waals surface area contributed by atoms with Crippen LogP contribution in [0.15, 0.2) is 18.2 Å². The maximum absolute atomic E-state index is 13.7. The van der Waals surface area contributed by atoms with Crippen LogP contribution >= 0.6 is 0 Å². The molecule has 1 heterocycles. The highest BCUT2D eigenvalue weighted by molar-refractivity contribution is 5.94. The van der Waals surface area contributed by atoms with Crippen molar-refractivity contribution in [2.24, 2.45) is 5.73 Å². The average Bonchev–Trinajstić information content (AvgIpc) is 2.28. The predicted molar refractivity (Wildman–Crippen MR) is 68.7 cm³/mol. The maximum Gasteiger partial charge on any atom is 0.149 e. The molecule has 2 aromatic rings. The lowest BCUT2D eigenvalue weighted by atomic mass is 10.1. The minimum atomic E-state index is -0.294. The first-order chi connectivity index (χ1) is 8.06. The molecule has 0 aliphatic carbocycles. The number of nitrogens with zero attached hydrogens (tertiary/aromatic N) is 2. The van der Waals surface area contributed by atoms with E-state index in [1.54, 1.807) is 6.07 Å². The Kier molecular flexibility index (Phi) is 2.98. The zero-order chi connectivity index (χ0) is 12.6. The molecule has 0 radical (unpaired) electrons. The third-order valence-electron chi connectivity index (χ3n) is 2.90. The number of hydrogen-bond donors (Lipinski definition) is 1. The van der Waals surface area contributed by atoms with Crippen LogP contribution in [0.5, 0.6) is 0 Å². The van der Waals surface area contributed by atoms with Crippen molar-refractivity contribution >= 4 is 16.6 Å². The molecule has 1 aromatic heterocycles. The number of rotatable bonds is 2. The summed E-state index contributed by atoms with van der Waals surface area (Å²) in [5.41, 5.74) is 8.87. The summed E-state index contributed by atoms with van der Waals surface area (Å²) in [6.07, 6.45) is 0. The molecule has 0 aliphatic heterocycles. The molecular formula is C13H16FN3. The zero-order valence-corrected chi connectivity index (χ0v) is 10.3. The molecule has 90 valence electrons. The second kappa shape index (κ2) is 4.30. The first-order valence-corrected chi connectivity index (χ1v) is 5.51. The Morgan fingerprint density at radius 3 is 2.65 bits per heavy atom. The van der Waals surface area contributed by atoms with Gasteiger partial charge < -0.3 is 10.6 Å². The molecule has 0 aliphatic rings. The third-order valence-corrected chi connectivity index (χ3v) is 2.90. The van der Waals surface area contributed by atoms with E-state index in [-0.39, 0.29) is 5.82 Å². The zero-order valence-electron chi connectivity index (χ0n) is 10.3. The van der Waals surface area contributed by atoms with E-state index in [1.807, 2.05) is 32.0 Å². The Morgan fingerprint density at radius 1 is 1.35 bits per heavy atom. The highest BCUT2D eigenvalue weighted by atomic mass is 19.1. The lowest BCUT2D eigenvalue weighted by molar-refractivity contribution is 0.636. The summed E-state index contributed by atoms with van der Waals surface area (Å²) in [5.74, 6) is -0.294. The average molecular weight is 233 g/mol. The summed E-state index contributed by atoms with van der Waals surface area (Å²) in [6, 6.07) is 5.00. The molecule has 3 nitrogen and oxygen atoms in total. The van der Waals surface area contributed by atoms with Gasteiger partial charge in [-0.1, -0.05) is 12.1 Å². The van der Waals surface area contributed by atoms with E-state index in [0.29, 0.717) is 12.1 Å². The van der Waals surface area contributed by atoms with Crippen LogP contribution in [0.2, 0.25) is 0 Å². The Hall–Kier alpha value is -1.68. The Balaban J connectivity index is 2.93. The van der Waals surface area contributed by atoms with Crippen LogP contribution in [0.3, 0.4) is 0 Å². The first-order valence-electron chi connectivity index (χ1n) is 5.51. The van der Waals surface area contributed by atoms with Crippen LogP contribution in [0.4, 0.5) is 10.1 Å². The number of nitrogens with two attached hydrogens (primary N) is 1. The lowest BCUT2D eigenvalue weighted by Crippen LogP contribution is -2.16. The van der Waals surface area contributed by atoms with E-state index in [1.165, 1.54) is 6.07 Å². The molecule has 0 spiro atoms. The Morgan fingerprint density at radius 2 is 2.06 bits per heavy atom. The summed E-state index contributed by atoms with van der Waals surface area (Å²) in [4.78, 5) is 6.26. The second-order valence-electron chi connectivity index (χ2n) is 4.26. The number of benzene rings is 1. The van der Waals surface area contributed by atoms with Gasteiger partial charge in [0.05, 0.1) is 5.69 Å². The van der Waals surface area contributed by atoms with Crippen molar-refractivity contribution < 1.29 is 4.39 Å². The summed E-state index contributed by atoms with van der Waals surface area (Å²) in [6.45, 7) is 2.26. The van der Waals surface area contributed by atoms with Crippen molar-refractivity contribution in [1.82, 2.24) is 4.98 Å². The van der Waals surface area contributed by atoms with Crippen molar-refractivity contribution in [3.05, 3.63) is 35.3 Å². The van der Waals surface area contributed by atoms with Crippen molar-refractivity contribution in [1.29, 1.82) is 0 Å². The standard InChI is InChI=1S/C13H16FN3/c1-8-10(7-15)13(17(2)3)9-5-4-6-11(14)12(9)16-8/h4-6H,7,15H2,1-3H3. The second-order valence-corrected chi connectivity index (χ2v) is 4.26. The molecule has 1 aromatic carbocycles. The molecular weight excluding hydrogens is 217 g/mol. The van der Waals surface area contributed by atoms with Gasteiger partial charge in [0, 0.05) is 37.3 Å². The molecule has 17 heavy (non-hydrogen) atoms. The summed E-state index contributed by atoms with van der Waals surface area (Å²) in [7, 11) is 3.86. The Bertz CT molecular complexity index is 564. The summed E-state index contributed by atoms with van der Waals surface area (Å²) in [5, 5.41) is 0.807. The van der Waals surface area contributed by atoms with E-state index >= 15 is 0 Å². The topological polar surface area (TPSA) is 42.2 Å². The van der Waals surface area contributed by atoms with Gasteiger partial charge >= 0.3 is 0 Å². The predicted octanol–water partition coefficient (Wildman–Crippen LogP) is 2.21. The number of anilines is 1. The molecule has 0 atom stereocenters. The number of aryl methyl sites for hydroxylation is 1. The SMILES string of the molecule is Cc1nc2c(F)cccc2c(N(C)C)c1CN. The molecule has 2 rings (SSSR count). The quantitative estimate of drug-likeness (QED) is 0.864. The van der Waals surface area contributed by atoms with E-state index in [0.717, 1.165) is 22.3 Å². The highest BCUT2D eigenvalue weighted by Crippen LogP contribution is 2.31. The van der Waals surface area contributed by atoms with Gasteiger partial charge in [0.15, 0.2) is 0 Å². The number of aromatic nitrogens is 1. The minimum absolute atomic E-state index is 0.294. The molecule has 0 bridgehead atoms. The van der Waals surface area contributed by atoms with Gasteiger partial charge in [-0.3, -0.25) is 0 Å². The molecule has 0 fully saturated rings. The fraction of sp³-hybridized carbons (Fsp3) is 0.308. The molecule has 2 N–H and O–H groups in total. The van der Waals surface area contributed by atoms with E-state index in [9.17, 15) is 4.39 Å². The van der Waals surface area contributed by atoms with Gasteiger partial charge in [0.2, 0.25) is 0 Å². The van der Waals surface area contributed by atoms with E-state index in [4.69, 9.17) is 5.73 Å². The van der Waals surface area contributed by atoms with Crippen LogP contribution in [0.25, 0.3) is 10.9 Å². The van der Waals surface area contributed by atoms with Crippen LogP contribution in [0.1, 0.15) is 11.3 Å². The van der Waals surface area contributed by atoms with E-state index in [2.05, 4.69) is 4.98 Å². The monoisotopic (exact) mass is 233 g/mol. The normalized spacial score (nSPS) is 10.9. The molecule has 0 saturated heterocycles. The largest absolute Gasteiger partial charge is 0.377 e. The van der Waals surface area contributed by atoms with Crippen molar-refractivity contribution in [2.45, 2.75) is 13.5 Å². The van der Waals surface area contributed by atoms with Crippen molar-refractivity contribution in [3.8, 4) is 0 Å². The van der Waals surface area contributed by atoms with Gasteiger partial charge in [0.25, 0.3) is 0 Å². The van der Waals surface area contributed by atoms with Gasteiger partial charge in [-0.05, 0) is 13.0 Å². The van der Waals surface area contributed by atoms with Gasteiger partial charge in [0.1, 0.15) is 11.3 Å². The fourth-order valence-electron chi connectivity index (χ4n) is 2.14. The number of para-hydroxylation sites is 1. The minimum Gasteiger partial charge on any atom is -0.377 e. The lowest BCUT2D eigenvalue weighted by Gasteiger charge is -2.21. The summed E-state index contributed by atoms with van der Waals surface area (Å²) >= 11 is 0. The number of halogens is 1. The Labute approximate surface area is 100 Å². The van der Waals surface area contributed by atoms with Crippen LogP contribution < -0.4 is 10.6 Å². The van der Waals surface area contributed by atoms with Gasteiger partial charge in [-0.2, -0.15) is 0 Å². The molecule has 0 saturated carbocycles. The smallest absolute Gasteiger partial charge is 0.149 e. The van der Waals surface area contributed by atoms with E-state index < -0.39 is 0 Å². The van der Waals surface area contributed by atoms with Crippen LogP contribution in [0, 0.1) is 12.7 Å². The third kappa shape index (κ3) is 1.85. The summed E-state index contributed by atoms with van der Waals surface area (Å²) < 4.78 is 13.7. The fourth-order valence-corrected chi connectivity index (χ4v) is 2.14. The molecule has 0 unspecified atom stereocenters. The van der Waals surface area contributed by atoms with Crippen LogP contribution in [-0.2, 0) is 6.54 Å². The van der Waals surface area contributed by atoms with Crippen molar-refractivity contribution in [3.63, 3.8) is 0 Å². The first kappa shape index (κ1) is 11.8. The molecule has 0 amide bonds. The van der Waals surface area contributed by atoms with Crippen molar-refractivity contribution in [2.75, 3.05) is 19.0 Å². The van der Waals surface area contributed by atoms with Gasteiger partial charge in [-0.15, -0.1) is 0 Å². The number of pyridine rings is 1. The maximum atomic E-state index is 13.7.